The van der Waals surface area contributed by atoms with Crippen molar-refractivity contribution in [2.24, 2.45) is 5.92 Å². The number of benzene rings is 1. The van der Waals surface area contributed by atoms with Crippen molar-refractivity contribution < 1.29 is 28.8 Å². The zero-order chi connectivity index (χ0) is 22.7. The third kappa shape index (κ3) is 3.65. The van der Waals surface area contributed by atoms with Crippen molar-refractivity contribution in [3.05, 3.63) is 40.9 Å². The molecular formula is C23H22ClN3O6. The molecule has 2 aromatic heterocycles. The van der Waals surface area contributed by atoms with E-state index in [2.05, 4.69) is 15.0 Å². The third-order valence-corrected chi connectivity index (χ3v) is 6.84. The lowest BCUT2D eigenvalue weighted by Gasteiger charge is -2.15. The average molecular weight is 472 g/mol. The van der Waals surface area contributed by atoms with Crippen molar-refractivity contribution in [2.75, 3.05) is 20.3 Å². The van der Waals surface area contributed by atoms with E-state index in [1.54, 1.807) is 6.07 Å². The molecule has 1 aliphatic carbocycles. The highest BCUT2D eigenvalue weighted by atomic mass is 35.5. The van der Waals surface area contributed by atoms with Gasteiger partial charge in [0.15, 0.2) is 11.8 Å². The van der Waals surface area contributed by atoms with E-state index in [0.29, 0.717) is 34.5 Å². The molecule has 6 unspecified atom stereocenters. The van der Waals surface area contributed by atoms with E-state index in [0.717, 1.165) is 17.5 Å². The minimum absolute atomic E-state index is 0.0557. The summed E-state index contributed by atoms with van der Waals surface area (Å²) in [6.07, 6.45) is -0.902. The van der Waals surface area contributed by atoms with Gasteiger partial charge < -0.3 is 29.0 Å². The number of rotatable bonds is 5. The number of hydrogen-bond acceptors (Lipinski definition) is 8. The first-order chi connectivity index (χ1) is 16.0. The van der Waals surface area contributed by atoms with Gasteiger partial charge >= 0.3 is 5.97 Å². The normalized spacial score (nSPS) is 30.4. The number of aromatic nitrogens is 3. The second kappa shape index (κ2) is 7.95. The van der Waals surface area contributed by atoms with Gasteiger partial charge in [0.2, 0.25) is 0 Å². The summed E-state index contributed by atoms with van der Waals surface area (Å²) in [4.78, 5) is 23.9. The molecule has 1 saturated carbocycles. The molecule has 172 valence electrons. The molecule has 0 bridgehead atoms. The Morgan fingerprint density at radius 2 is 1.97 bits per heavy atom. The molecule has 4 heterocycles. The van der Waals surface area contributed by atoms with Crippen LogP contribution >= 0.6 is 11.6 Å². The maximum absolute atomic E-state index is 11.7. The van der Waals surface area contributed by atoms with E-state index in [9.17, 15) is 9.90 Å². The second-order valence-electron chi connectivity index (χ2n) is 8.65. The molecule has 3 aliphatic rings. The molecule has 2 N–H and O–H groups in total. The van der Waals surface area contributed by atoms with Crippen LogP contribution in [0.2, 0.25) is 5.02 Å². The Morgan fingerprint density at radius 3 is 2.76 bits per heavy atom. The van der Waals surface area contributed by atoms with Gasteiger partial charge in [0.05, 0.1) is 42.5 Å². The Hall–Kier alpha value is -2.72. The summed E-state index contributed by atoms with van der Waals surface area (Å²) in [6.45, 7) is 0.547. The lowest BCUT2D eigenvalue weighted by atomic mass is 10.0. The molecule has 2 saturated heterocycles. The van der Waals surface area contributed by atoms with Gasteiger partial charge in [-0.25, -0.2) is 4.98 Å². The number of carbonyl (C=O) groups is 1. The standard InChI is InChI=1S/C23H22ClN3O6/c1-30-22(29)13-6-12(13)10-2-4-11(5-3-10)18-14(24)7-15-21(26-18)27-23(25-15)33-17-9-32-19-16(28)8-31-20(17)19/h2-5,7,12-13,16-17,19-20,28H,6,8-9H2,1H3,(H,25,26,27). The van der Waals surface area contributed by atoms with Crippen LogP contribution in [0.3, 0.4) is 0 Å². The first-order valence-electron chi connectivity index (χ1n) is 10.8. The van der Waals surface area contributed by atoms with Crippen molar-refractivity contribution in [1.29, 1.82) is 0 Å². The number of nitrogens with zero attached hydrogens (tertiary/aromatic N) is 2. The smallest absolute Gasteiger partial charge is 0.309 e. The van der Waals surface area contributed by atoms with Crippen LogP contribution in [0.1, 0.15) is 17.9 Å². The van der Waals surface area contributed by atoms with Gasteiger partial charge in [-0.15, -0.1) is 0 Å². The molecule has 2 aliphatic heterocycles. The molecule has 3 fully saturated rings. The summed E-state index contributed by atoms with van der Waals surface area (Å²) >= 11 is 6.52. The van der Waals surface area contributed by atoms with Crippen LogP contribution in [0.5, 0.6) is 6.01 Å². The van der Waals surface area contributed by atoms with E-state index in [4.69, 9.17) is 30.5 Å². The van der Waals surface area contributed by atoms with Crippen LogP contribution in [0.15, 0.2) is 30.3 Å². The third-order valence-electron chi connectivity index (χ3n) is 6.56. The SMILES string of the molecule is COC(=O)C1CC1c1ccc(-c2nc3nc(OC4COC5C(O)COC45)[nH]c3cc2Cl)cc1. The number of nitrogens with one attached hydrogen (secondary N) is 1. The quantitative estimate of drug-likeness (QED) is 0.545. The molecule has 3 aromatic rings. The van der Waals surface area contributed by atoms with Crippen LogP contribution in [0.25, 0.3) is 22.4 Å². The summed E-state index contributed by atoms with van der Waals surface area (Å²) in [6, 6.07) is 9.96. The highest BCUT2D eigenvalue weighted by Crippen LogP contribution is 2.48. The Labute approximate surface area is 194 Å². The fourth-order valence-corrected chi connectivity index (χ4v) is 4.97. The monoisotopic (exact) mass is 471 g/mol. The highest BCUT2D eigenvalue weighted by molar-refractivity contribution is 6.33. The number of fused-ring (bicyclic) bond motifs is 2. The zero-order valence-electron chi connectivity index (χ0n) is 17.7. The summed E-state index contributed by atoms with van der Waals surface area (Å²) < 4.78 is 22.0. The van der Waals surface area contributed by atoms with E-state index in [1.165, 1.54) is 7.11 Å². The molecule has 0 radical (unpaired) electrons. The average Bonchev–Trinajstić information content (AvgIpc) is 3.16. The molecule has 0 spiro atoms. The Balaban J connectivity index is 1.21. The summed E-state index contributed by atoms with van der Waals surface area (Å²) in [5, 5.41) is 10.4. The molecular weight excluding hydrogens is 450 g/mol. The maximum atomic E-state index is 11.7. The number of imidazole rings is 1. The van der Waals surface area contributed by atoms with E-state index < -0.39 is 6.10 Å². The van der Waals surface area contributed by atoms with Crippen molar-refractivity contribution in [1.82, 2.24) is 15.0 Å². The number of aromatic amines is 1. The number of aliphatic hydroxyl groups excluding tert-OH is 1. The van der Waals surface area contributed by atoms with Gasteiger partial charge in [0.1, 0.15) is 18.3 Å². The minimum Gasteiger partial charge on any atom is -0.469 e. The van der Waals surface area contributed by atoms with Gasteiger partial charge in [-0.3, -0.25) is 4.79 Å². The topological polar surface area (TPSA) is 116 Å². The van der Waals surface area contributed by atoms with Crippen molar-refractivity contribution in [2.45, 2.75) is 36.8 Å². The number of methoxy groups -OCH3 is 1. The van der Waals surface area contributed by atoms with Crippen LogP contribution < -0.4 is 4.74 Å². The Kier molecular flexibility index (Phi) is 5.02. The predicted octanol–water partition coefficient (Wildman–Crippen LogP) is 2.46. The second-order valence-corrected chi connectivity index (χ2v) is 9.05. The maximum Gasteiger partial charge on any atom is 0.309 e. The Bertz CT molecular complexity index is 1210. The van der Waals surface area contributed by atoms with Gasteiger partial charge in [0, 0.05) is 5.56 Å². The number of halogens is 1. The largest absolute Gasteiger partial charge is 0.469 e. The lowest BCUT2D eigenvalue weighted by Crippen LogP contribution is -2.34. The number of carbonyl (C=O) groups excluding carboxylic acids is 1. The molecule has 6 atom stereocenters. The fraction of sp³-hybridized carbons (Fsp3) is 0.435. The van der Waals surface area contributed by atoms with Gasteiger partial charge in [-0.1, -0.05) is 35.9 Å². The predicted molar refractivity (Wildman–Crippen MR) is 117 cm³/mol. The summed E-state index contributed by atoms with van der Waals surface area (Å²) in [7, 11) is 1.42. The van der Waals surface area contributed by atoms with Crippen LogP contribution in [0.4, 0.5) is 0 Å². The van der Waals surface area contributed by atoms with E-state index >= 15 is 0 Å². The molecule has 0 amide bonds. The number of H-pyrrole nitrogens is 1. The van der Waals surface area contributed by atoms with Crippen LogP contribution in [-0.4, -0.2) is 70.8 Å². The minimum atomic E-state index is -0.639. The van der Waals surface area contributed by atoms with Crippen LogP contribution in [-0.2, 0) is 19.0 Å². The molecule has 6 rings (SSSR count). The summed E-state index contributed by atoms with van der Waals surface area (Å²) in [5.41, 5.74) is 3.69. The van der Waals surface area contributed by atoms with Crippen molar-refractivity contribution in [3.8, 4) is 17.3 Å². The number of pyridine rings is 1. The number of aliphatic hydroxyl groups is 1. The van der Waals surface area contributed by atoms with E-state index in [-0.39, 0.29) is 42.7 Å². The van der Waals surface area contributed by atoms with Crippen molar-refractivity contribution in [3.63, 3.8) is 0 Å². The summed E-state index contributed by atoms with van der Waals surface area (Å²) in [5.74, 6) is -0.0152. The Morgan fingerprint density at radius 1 is 1.18 bits per heavy atom. The molecule has 10 heteroatoms. The first kappa shape index (κ1) is 20.9. The van der Waals surface area contributed by atoms with Gasteiger partial charge in [0.25, 0.3) is 6.01 Å². The highest BCUT2D eigenvalue weighted by Gasteiger charge is 2.48. The van der Waals surface area contributed by atoms with Crippen molar-refractivity contribution >= 4 is 28.7 Å². The number of hydrogen-bond donors (Lipinski definition) is 2. The molecule has 33 heavy (non-hydrogen) atoms. The number of esters is 1. The molecule has 1 aromatic carbocycles. The molecule has 9 nitrogen and oxygen atoms in total. The fourth-order valence-electron chi connectivity index (χ4n) is 4.71. The van der Waals surface area contributed by atoms with Crippen LogP contribution in [0, 0.1) is 5.92 Å². The first-order valence-corrected chi connectivity index (χ1v) is 11.2. The van der Waals surface area contributed by atoms with Gasteiger partial charge in [-0.05, 0) is 24.0 Å². The van der Waals surface area contributed by atoms with E-state index in [1.807, 2.05) is 24.3 Å². The zero-order valence-corrected chi connectivity index (χ0v) is 18.5. The lowest BCUT2D eigenvalue weighted by molar-refractivity contribution is -0.142. The van der Waals surface area contributed by atoms with Gasteiger partial charge in [-0.2, -0.15) is 4.98 Å². The number of ether oxygens (including phenoxy) is 4.